The first-order valence-corrected chi connectivity index (χ1v) is 22.3. The number of halogens is 2. The molecule has 0 atom stereocenters. The Morgan fingerprint density at radius 3 is 1.79 bits per heavy atom. The number of likely N-dealkylation sites (N-methyl/N-ethyl adjacent to an activating group) is 1. The number of pyridine rings is 2. The van der Waals surface area contributed by atoms with E-state index in [4.69, 9.17) is 33.9 Å². The topological polar surface area (TPSA) is 148 Å². The van der Waals surface area contributed by atoms with Crippen molar-refractivity contribution in [1.82, 2.24) is 24.7 Å². The molecule has 0 saturated carbocycles. The number of phenols is 2. The van der Waals surface area contributed by atoms with Gasteiger partial charge in [0.05, 0.1) is 28.0 Å². The normalized spacial score (nSPS) is 12.2. The van der Waals surface area contributed by atoms with Crippen LogP contribution in [0.15, 0.2) is 138 Å². The first-order chi connectivity index (χ1) is 30.8. The van der Waals surface area contributed by atoms with E-state index in [0.717, 1.165) is 82.8 Å². The summed E-state index contributed by atoms with van der Waals surface area (Å²) in [5.41, 5.74) is 11.8. The minimum atomic E-state index is -0.117. The molecular formula is C51H63AlCl2LiN7O4. The second kappa shape index (κ2) is 29.6. The molecule has 11 nitrogen and oxygen atoms in total. The number of aliphatic imine (C=N–C) groups is 1. The van der Waals surface area contributed by atoms with Crippen molar-refractivity contribution in [3.63, 3.8) is 0 Å². The molecule has 1 amide bonds. The number of para-hydroxylation sites is 2. The monoisotopic (exact) mass is 941 g/mol. The van der Waals surface area contributed by atoms with Crippen LogP contribution in [-0.4, -0.2) is 115 Å². The number of anilines is 1. The third-order valence-corrected chi connectivity index (χ3v) is 10.9. The molecule has 2 heterocycles. The van der Waals surface area contributed by atoms with Crippen LogP contribution in [0.5, 0.6) is 11.5 Å². The molecule has 0 aliphatic heterocycles. The van der Waals surface area contributed by atoms with Gasteiger partial charge in [-0.25, -0.2) is 4.99 Å². The fourth-order valence-electron chi connectivity index (χ4n) is 6.60. The predicted octanol–water partition coefficient (Wildman–Crippen LogP) is 6.88. The summed E-state index contributed by atoms with van der Waals surface area (Å²) < 4.78 is 0. The molecule has 344 valence electrons. The average molecular weight is 943 g/mol. The van der Waals surface area contributed by atoms with E-state index in [9.17, 15) is 19.8 Å². The van der Waals surface area contributed by atoms with Crippen LogP contribution in [0.2, 0.25) is 10.0 Å². The number of aromatic hydroxyl groups is 2. The van der Waals surface area contributed by atoms with Crippen molar-refractivity contribution in [2.75, 3.05) is 51.5 Å². The van der Waals surface area contributed by atoms with Gasteiger partial charge in [-0.2, -0.15) is 0 Å². The number of carbonyl (C=O) groups is 2. The van der Waals surface area contributed by atoms with Gasteiger partial charge in [-0.15, -0.1) is 0 Å². The fourth-order valence-corrected chi connectivity index (χ4v) is 6.93. The first kappa shape index (κ1) is 57.1. The van der Waals surface area contributed by atoms with Gasteiger partial charge in [0.1, 0.15) is 11.5 Å². The van der Waals surface area contributed by atoms with E-state index in [1.165, 1.54) is 6.07 Å². The van der Waals surface area contributed by atoms with Crippen LogP contribution < -0.4 is 24.6 Å². The zero-order chi connectivity index (χ0) is 46.6. The Labute approximate surface area is 423 Å². The number of hydrogen-bond donors (Lipinski definition) is 3. The molecule has 0 bridgehead atoms. The number of aromatic nitrogens is 2. The summed E-state index contributed by atoms with van der Waals surface area (Å²) in [6, 6.07) is 28.8. The molecule has 0 unspecified atom stereocenters. The molecule has 1 aliphatic carbocycles. The molecule has 1 aliphatic rings. The molecule has 7 rings (SSSR count). The minimum absolute atomic E-state index is 0. The number of nitrogen functional groups attached to an aromatic ring is 1. The SMILES string of the molecule is CCN(CC)C(=O)c1ccccc1O.CCN(CC)CC1=CC(=Nc2ccnc3cc(Cl)ccc23)C=CC1=O.CCN(CC)Cc1ccccc1O.Nc1ccnc2cc(Cl)ccc12.[AlH3].[H-].[Li+]. The number of rotatable bonds is 12. The van der Waals surface area contributed by atoms with Crippen LogP contribution >= 0.6 is 23.2 Å². The number of nitrogens with two attached hydrogens (primary N) is 1. The van der Waals surface area contributed by atoms with Gasteiger partial charge < -0.3 is 22.3 Å². The summed E-state index contributed by atoms with van der Waals surface area (Å²) in [4.78, 5) is 43.3. The van der Waals surface area contributed by atoms with Gasteiger partial charge >= 0.3 is 18.9 Å². The van der Waals surface area contributed by atoms with Crippen LogP contribution in [-0.2, 0) is 11.3 Å². The summed E-state index contributed by atoms with van der Waals surface area (Å²) in [5, 5.41) is 22.2. The smallest absolute Gasteiger partial charge is 1.00 e. The molecule has 6 aromatic rings. The van der Waals surface area contributed by atoms with Gasteiger partial charge in [-0.3, -0.25) is 29.4 Å². The standard InChI is InChI=1S/C20H20ClN3O.C11H15NO2.C11H17NO.C9H7ClN2.Al.Li.4H/c1-3-24(4-2)13-14-11-16(6-8-20(14)25)23-18-9-10-22-19-12-15(21)5-7-17(18)19;1-3-12(4-2)11(14)9-7-5-6-8-10(9)13;1-3-12(4-2)9-10-7-5-6-8-11(10)13;10-6-1-2-7-8(11)3-4-12-9(7)5-6;;;;;;/h5-12H,3-4,13H2,1-2H3;5-8,13H,3-4H2,1-2H3;5-8,13H,3-4,9H2,1-2H3;1-5H,(H2,11,12);;;;;;/q;;;;;+1;;;;-1. The number of benzene rings is 4. The van der Waals surface area contributed by atoms with E-state index in [-0.39, 0.29) is 55.1 Å². The predicted molar refractivity (Wildman–Crippen MR) is 276 cm³/mol. The van der Waals surface area contributed by atoms with E-state index < -0.39 is 0 Å². The molecule has 0 saturated heterocycles. The number of nitrogens with zero attached hydrogens (tertiary/aromatic N) is 6. The molecule has 0 fully saturated rings. The van der Waals surface area contributed by atoms with Crippen molar-refractivity contribution in [3.8, 4) is 11.5 Å². The average Bonchev–Trinajstić information content (AvgIpc) is 3.30. The molecule has 4 aromatic carbocycles. The quantitative estimate of drug-likeness (QED) is 0.0883. The Balaban J connectivity index is 0.000000464. The Morgan fingerprint density at radius 2 is 1.21 bits per heavy atom. The summed E-state index contributed by atoms with van der Waals surface area (Å²) in [7, 11) is 0. The molecule has 2 aromatic heterocycles. The third kappa shape index (κ3) is 17.0. The van der Waals surface area contributed by atoms with E-state index in [1.54, 1.807) is 65.8 Å². The van der Waals surface area contributed by atoms with Crippen molar-refractivity contribution in [2.45, 2.75) is 48.1 Å². The fraction of sp³-hybridized carbons (Fsp3) is 0.275. The van der Waals surface area contributed by atoms with Crippen LogP contribution in [0, 0.1) is 0 Å². The molecule has 0 radical (unpaired) electrons. The number of fused-ring (bicyclic) bond motifs is 2. The van der Waals surface area contributed by atoms with Gasteiger partial charge in [0.25, 0.3) is 5.91 Å². The van der Waals surface area contributed by atoms with Gasteiger partial charge in [-0.05, 0) is 125 Å². The van der Waals surface area contributed by atoms with E-state index >= 15 is 0 Å². The zero-order valence-electron chi connectivity index (χ0n) is 39.5. The van der Waals surface area contributed by atoms with Crippen molar-refractivity contribution >= 4 is 91.1 Å². The largest absolute Gasteiger partial charge is 1.00 e. The molecule has 0 spiro atoms. The molecular weight excluding hydrogens is 879 g/mol. The maximum Gasteiger partial charge on any atom is 1.00 e. The number of amides is 1. The maximum absolute atomic E-state index is 12.1. The number of phenolic OH excluding ortho intramolecular Hbond substituents is 2. The molecule has 4 N–H and O–H groups in total. The van der Waals surface area contributed by atoms with Crippen molar-refractivity contribution < 1.29 is 40.1 Å². The van der Waals surface area contributed by atoms with Crippen LogP contribution in [0.1, 0.15) is 58.9 Å². The summed E-state index contributed by atoms with van der Waals surface area (Å²) >= 11 is 11.8. The van der Waals surface area contributed by atoms with Gasteiger partial charge in [-0.1, -0.05) is 81.2 Å². The van der Waals surface area contributed by atoms with E-state index in [2.05, 4.69) is 47.5 Å². The van der Waals surface area contributed by atoms with Gasteiger partial charge in [0.2, 0.25) is 0 Å². The van der Waals surface area contributed by atoms with Crippen LogP contribution in [0.3, 0.4) is 0 Å². The Kier molecular flexibility index (Phi) is 25.6. The van der Waals surface area contributed by atoms with Crippen LogP contribution in [0.4, 0.5) is 11.4 Å². The maximum atomic E-state index is 12.1. The Bertz CT molecular complexity index is 2590. The summed E-state index contributed by atoms with van der Waals surface area (Å²) in [6.07, 6.45) is 8.63. The second-order valence-electron chi connectivity index (χ2n) is 14.5. The Hall–Kier alpha value is -4.98. The number of carbonyl (C=O) groups excluding carboxylic acids is 2. The van der Waals surface area contributed by atoms with Crippen molar-refractivity contribution in [1.29, 1.82) is 0 Å². The third-order valence-electron chi connectivity index (χ3n) is 10.5. The Morgan fingerprint density at radius 1 is 0.682 bits per heavy atom. The number of hydrogen-bond acceptors (Lipinski definition) is 10. The number of ketones is 1. The van der Waals surface area contributed by atoms with Gasteiger partial charge in [0, 0.05) is 76.2 Å². The summed E-state index contributed by atoms with van der Waals surface area (Å²) in [6.45, 7) is 18.9. The van der Waals surface area contributed by atoms with Crippen molar-refractivity contribution in [3.05, 3.63) is 154 Å². The van der Waals surface area contributed by atoms with Crippen LogP contribution in [0.25, 0.3) is 21.8 Å². The minimum Gasteiger partial charge on any atom is -1.00 e. The first-order valence-electron chi connectivity index (χ1n) is 21.5. The van der Waals surface area contributed by atoms with E-state index in [1.807, 2.05) is 74.5 Å². The summed E-state index contributed by atoms with van der Waals surface area (Å²) in [5.74, 6) is 0.379. The molecule has 15 heteroatoms. The van der Waals surface area contributed by atoms with Crippen molar-refractivity contribution in [2.24, 2.45) is 4.99 Å². The molecule has 66 heavy (non-hydrogen) atoms. The van der Waals surface area contributed by atoms with E-state index in [0.29, 0.717) is 41.0 Å². The van der Waals surface area contributed by atoms with Gasteiger partial charge in [0.15, 0.2) is 23.1 Å². The second-order valence-corrected chi connectivity index (χ2v) is 15.4. The zero-order valence-corrected chi connectivity index (χ0v) is 40.0. The number of allylic oxidation sites excluding steroid dienone is 3.